The zero-order valence-electron chi connectivity index (χ0n) is 15.9. The fourth-order valence-corrected chi connectivity index (χ4v) is 2.56. The van der Waals surface area contributed by atoms with E-state index >= 15 is 0 Å². The van der Waals surface area contributed by atoms with Gasteiger partial charge >= 0.3 is 5.97 Å². The number of esters is 1. The molecule has 0 saturated carbocycles. The Kier molecular flexibility index (Phi) is 7.64. The van der Waals surface area contributed by atoms with E-state index in [9.17, 15) is 24.8 Å². The number of phenolic OH excluding ortho intramolecular Hbond substituents is 1. The van der Waals surface area contributed by atoms with Gasteiger partial charge in [0.15, 0.2) is 0 Å². The van der Waals surface area contributed by atoms with Crippen LogP contribution in [0.1, 0.15) is 35.7 Å². The quantitative estimate of drug-likeness (QED) is 0.178. The van der Waals surface area contributed by atoms with Crippen molar-refractivity contribution in [3.63, 3.8) is 0 Å². The summed E-state index contributed by atoms with van der Waals surface area (Å²) in [4.78, 5) is 39.3. The molecule has 10 nitrogen and oxygen atoms in total. The van der Waals surface area contributed by atoms with Gasteiger partial charge in [-0.15, -0.1) is 10.1 Å². The van der Waals surface area contributed by atoms with Crippen molar-refractivity contribution in [3.05, 3.63) is 63.7 Å². The van der Waals surface area contributed by atoms with E-state index in [2.05, 4.69) is 10.2 Å². The van der Waals surface area contributed by atoms with Crippen LogP contribution in [-0.2, 0) is 9.63 Å². The Morgan fingerprint density at radius 2 is 1.93 bits per heavy atom. The van der Waals surface area contributed by atoms with Crippen molar-refractivity contribution in [1.82, 2.24) is 0 Å². The molecule has 1 unspecified atom stereocenters. The molecule has 0 aromatic heterocycles. The third-order valence-electron chi connectivity index (χ3n) is 3.95. The number of thiocarbonyl (C=S) groups is 1. The van der Waals surface area contributed by atoms with Gasteiger partial charge in [-0.3, -0.25) is 4.79 Å². The number of rotatable bonds is 9. The molecule has 0 saturated heterocycles. The molecule has 0 spiro atoms. The number of ether oxygens (including phenoxy) is 1. The number of hydrogen-bond donors (Lipinski definition) is 3. The molecule has 11 heteroatoms. The van der Waals surface area contributed by atoms with Crippen LogP contribution in [0.15, 0.2) is 42.5 Å². The molecule has 158 valence electrons. The lowest BCUT2D eigenvalue weighted by atomic mass is 10.1. The third kappa shape index (κ3) is 6.41. The first-order valence-corrected chi connectivity index (χ1v) is 9.16. The first-order chi connectivity index (χ1) is 14.2. The van der Waals surface area contributed by atoms with Gasteiger partial charge in [0.2, 0.25) is 5.91 Å². The van der Waals surface area contributed by atoms with Crippen LogP contribution in [-0.4, -0.2) is 33.2 Å². The summed E-state index contributed by atoms with van der Waals surface area (Å²) in [5, 5.41) is 22.0. The number of hydrogen-bond acceptors (Lipinski definition) is 8. The molecule has 1 atom stereocenters. The number of amides is 1. The number of carbonyl (C=O) groups excluding carboxylic acids is 2. The van der Waals surface area contributed by atoms with Crippen LogP contribution in [0.4, 0.5) is 5.69 Å². The fourth-order valence-electron chi connectivity index (χ4n) is 2.43. The average Bonchev–Trinajstić information content (AvgIpc) is 2.67. The number of nitrogens with zero attached hydrogens (tertiary/aromatic N) is 1. The number of phenols is 1. The topological polar surface area (TPSA) is 154 Å². The van der Waals surface area contributed by atoms with Gasteiger partial charge in [-0.1, -0.05) is 19.1 Å². The minimum atomic E-state index is -0.953. The van der Waals surface area contributed by atoms with Gasteiger partial charge in [-0.25, -0.2) is 4.79 Å². The molecule has 0 radical (unpaired) electrons. The highest BCUT2D eigenvalue weighted by Gasteiger charge is 2.18. The highest BCUT2D eigenvalue weighted by atomic mass is 32.1. The minimum Gasteiger partial charge on any atom is -0.507 e. The van der Waals surface area contributed by atoms with Crippen LogP contribution < -0.4 is 15.8 Å². The van der Waals surface area contributed by atoms with Gasteiger partial charge in [0.25, 0.3) is 5.09 Å². The predicted octanol–water partition coefficient (Wildman–Crippen LogP) is 2.56. The molecule has 0 aliphatic rings. The maximum atomic E-state index is 12.3. The maximum absolute atomic E-state index is 12.3. The van der Waals surface area contributed by atoms with Crippen LogP contribution in [0.3, 0.4) is 0 Å². The maximum Gasteiger partial charge on any atom is 0.347 e. The standard InChI is InChI=1S/C19H19N3O7S/c1-2-13(29-22(26)27)10-17(24)21-12-5-8-15(16(23)9-12)19(25)28-14-6-3-11(4-7-14)18(20)30/h3-9,13,23H,2,10H2,1H3,(H2,20,30)(H,21,24). The molecular weight excluding hydrogens is 414 g/mol. The summed E-state index contributed by atoms with van der Waals surface area (Å²) in [5.74, 6) is -1.53. The van der Waals surface area contributed by atoms with Crippen molar-refractivity contribution in [1.29, 1.82) is 0 Å². The number of nitrogens with two attached hydrogens (primary N) is 1. The van der Waals surface area contributed by atoms with Crippen LogP contribution in [0.5, 0.6) is 11.5 Å². The molecule has 1 amide bonds. The summed E-state index contributed by atoms with van der Waals surface area (Å²) >= 11 is 4.85. The molecular formula is C19H19N3O7S. The molecule has 2 aromatic carbocycles. The Hall–Kier alpha value is -3.73. The smallest absolute Gasteiger partial charge is 0.347 e. The zero-order valence-corrected chi connectivity index (χ0v) is 16.7. The molecule has 0 heterocycles. The largest absolute Gasteiger partial charge is 0.507 e. The molecule has 0 aliphatic carbocycles. The van der Waals surface area contributed by atoms with Crippen LogP contribution in [0, 0.1) is 10.1 Å². The highest BCUT2D eigenvalue weighted by Crippen LogP contribution is 2.24. The van der Waals surface area contributed by atoms with Gasteiger partial charge in [0, 0.05) is 17.3 Å². The normalized spacial score (nSPS) is 11.2. The van der Waals surface area contributed by atoms with E-state index in [0.29, 0.717) is 5.56 Å². The summed E-state index contributed by atoms with van der Waals surface area (Å²) in [5.41, 5.74) is 6.20. The van der Waals surface area contributed by atoms with E-state index in [1.807, 2.05) is 0 Å². The van der Waals surface area contributed by atoms with E-state index < -0.39 is 28.8 Å². The fraction of sp³-hybridized carbons (Fsp3) is 0.211. The number of nitrogens with one attached hydrogen (secondary N) is 1. The minimum absolute atomic E-state index is 0.116. The van der Waals surface area contributed by atoms with Crippen molar-refractivity contribution in [2.75, 3.05) is 5.32 Å². The van der Waals surface area contributed by atoms with E-state index in [0.717, 1.165) is 0 Å². The van der Waals surface area contributed by atoms with E-state index in [1.54, 1.807) is 19.1 Å². The molecule has 2 rings (SSSR count). The van der Waals surface area contributed by atoms with Gasteiger partial charge in [-0.2, -0.15) is 0 Å². The number of carbonyl (C=O) groups is 2. The number of aromatic hydroxyl groups is 1. The van der Waals surface area contributed by atoms with E-state index in [-0.39, 0.29) is 34.8 Å². The molecule has 0 fully saturated rings. The summed E-state index contributed by atoms with van der Waals surface area (Å²) in [7, 11) is 0. The number of anilines is 1. The van der Waals surface area contributed by atoms with Crippen LogP contribution in [0.2, 0.25) is 0 Å². The second-order valence-electron chi connectivity index (χ2n) is 6.12. The third-order valence-corrected chi connectivity index (χ3v) is 4.19. The van der Waals surface area contributed by atoms with Gasteiger partial charge in [-0.05, 0) is 42.8 Å². The van der Waals surface area contributed by atoms with Gasteiger partial charge < -0.3 is 25.7 Å². The van der Waals surface area contributed by atoms with Gasteiger partial charge in [0.1, 0.15) is 28.2 Å². The second-order valence-corrected chi connectivity index (χ2v) is 6.56. The zero-order chi connectivity index (χ0) is 22.3. The Bertz CT molecular complexity index is 963. The van der Waals surface area contributed by atoms with E-state index in [4.69, 9.17) is 22.7 Å². The van der Waals surface area contributed by atoms with Crippen LogP contribution in [0.25, 0.3) is 0 Å². The SMILES string of the molecule is CCC(CC(=O)Nc1ccc(C(=O)Oc2ccc(C(N)=S)cc2)c(O)c1)O[N+](=O)[O-]. The first kappa shape index (κ1) is 22.6. The Labute approximate surface area is 176 Å². The average molecular weight is 433 g/mol. The lowest BCUT2D eigenvalue weighted by Gasteiger charge is -2.13. The Morgan fingerprint density at radius 3 is 2.47 bits per heavy atom. The molecule has 30 heavy (non-hydrogen) atoms. The first-order valence-electron chi connectivity index (χ1n) is 8.75. The molecule has 4 N–H and O–H groups in total. The Balaban J connectivity index is 2.01. The highest BCUT2D eigenvalue weighted by molar-refractivity contribution is 7.80. The lowest BCUT2D eigenvalue weighted by Crippen LogP contribution is -2.24. The molecule has 0 aliphatic heterocycles. The lowest BCUT2D eigenvalue weighted by molar-refractivity contribution is -0.768. The van der Waals surface area contributed by atoms with Crippen molar-refractivity contribution >= 4 is 34.8 Å². The van der Waals surface area contributed by atoms with E-state index in [1.165, 1.54) is 30.3 Å². The van der Waals surface area contributed by atoms with Crippen molar-refractivity contribution < 1.29 is 29.4 Å². The Morgan fingerprint density at radius 1 is 1.27 bits per heavy atom. The summed E-state index contributed by atoms with van der Waals surface area (Å²) in [6, 6.07) is 10.0. The summed E-state index contributed by atoms with van der Waals surface area (Å²) < 4.78 is 5.19. The summed E-state index contributed by atoms with van der Waals surface area (Å²) in [6.07, 6.45) is -0.866. The second kappa shape index (κ2) is 10.2. The molecule has 2 aromatic rings. The van der Waals surface area contributed by atoms with Gasteiger partial charge in [0.05, 0.1) is 6.42 Å². The molecule has 0 bridgehead atoms. The van der Waals surface area contributed by atoms with Crippen molar-refractivity contribution in [2.45, 2.75) is 25.9 Å². The summed E-state index contributed by atoms with van der Waals surface area (Å²) in [6.45, 7) is 1.64. The monoisotopic (exact) mass is 433 g/mol. The predicted molar refractivity (Wildman–Crippen MR) is 111 cm³/mol. The van der Waals surface area contributed by atoms with Crippen molar-refractivity contribution in [2.24, 2.45) is 5.73 Å². The number of benzene rings is 2. The van der Waals surface area contributed by atoms with Crippen molar-refractivity contribution in [3.8, 4) is 11.5 Å². The van der Waals surface area contributed by atoms with Crippen LogP contribution >= 0.6 is 12.2 Å².